The zero-order valence-electron chi connectivity index (χ0n) is 18.2. The first-order valence-electron chi connectivity index (χ1n) is 9.83. The molecule has 33 heavy (non-hydrogen) atoms. The maximum Gasteiger partial charge on any atom is 0.336 e. The molecule has 9 nitrogen and oxygen atoms in total. The number of nitrogens with one attached hydrogen (secondary N) is 1. The first-order chi connectivity index (χ1) is 15.6. The zero-order valence-corrected chi connectivity index (χ0v) is 19.7. The average Bonchev–Trinajstić information content (AvgIpc) is 2.74. The average molecular weight is 500 g/mol. The van der Waals surface area contributed by atoms with Gasteiger partial charge in [-0.3, -0.25) is 9.59 Å². The van der Waals surface area contributed by atoms with Crippen LogP contribution in [0.5, 0.6) is 0 Å². The molecule has 2 N–H and O–H groups in total. The number of halogens is 2. The largest absolute Gasteiger partial charge is 0.481 e. The summed E-state index contributed by atoms with van der Waals surface area (Å²) in [5.74, 6) is -4.36. The minimum atomic E-state index is -1.28. The van der Waals surface area contributed by atoms with E-state index in [1.54, 1.807) is 32.0 Å². The number of dihydropyridines is 1. The Morgan fingerprint density at radius 2 is 1.82 bits per heavy atom. The molecule has 0 amide bonds. The molecule has 0 radical (unpaired) electrons. The summed E-state index contributed by atoms with van der Waals surface area (Å²) in [6.07, 6.45) is -0.691. The number of aliphatic carboxylic acids is 1. The van der Waals surface area contributed by atoms with E-state index < -0.39 is 42.6 Å². The van der Waals surface area contributed by atoms with Gasteiger partial charge in [0.1, 0.15) is 13.0 Å². The summed E-state index contributed by atoms with van der Waals surface area (Å²) in [6.45, 7) is 2.54. The number of hydrogen-bond acceptors (Lipinski definition) is 8. The van der Waals surface area contributed by atoms with Gasteiger partial charge in [0.2, 0.25) is 0 Å². The number of esters is 2. The Kier molecular flexibility index (Phi) is 9.45. The van der Waals surface area contributed by atoms with Crippen molar-refractivity contribution in [3.63, 3.8) is 0 Å². The highest BCUT2D eigenvalue weighted by molar-refractivity contribution is 6.42. The lowest BCUT2D eigenvalue weighted by Gasteiger charge is -2.31. The number of Topliss-reactive ketones (excluding diaryl/α,β-unsaturated/α-hetero) is 1. The van der Waals surface area contributed by atoms with Gasteiger partial charge < -0.3 is 24.6 Å². The monoisotopic (exact) mass is 499 g/mol. The van der Waals surface area contributed by atoms with Crippen LogP contribution in [-0.4, -0.2) is 55.7 Å². The number of methoxy groups -OCH3 is 1. The molecule has 2 rings (SSSR count). The number of allylic oxidation sites excluding steroid dienone is 1. The maximum atomic E-state index is 13.0. The summed E-state index contributed by atoms with van der Waals surface area (Å²) in [6, 6.07) is 4.81. The topological polar surface area (TPSA) is 128 Å². The molecule has 0 aliphatic carbocycles. The number of carbonyl (C=O) groups excluding carboxylic acids is 3. The van der Waals surface area contributed by atoms with E-state index in [1.807, 2.05) is 0 Å². The van der Waals surface area contributed by atoms with Crippen LogP contribution in [-0.2, 0) is 33.4 Å². The quantitative estimate of drug-likeness (QED) is 0.368. The van der Waals surface area contributed by atoms with Crippen molar-refractivity contribution >= 4 is 46.9 Å². The Balaban J connectivity index is 2.59. The number of ketones is 1. The molecule has 0 saturated carbocycles. The van der Waals surface area contributed by atoms with Crippen molar-refractivity contribution in [3.05, 3.63) is 56.3 Å². The van der Waals surface area contributed by atoms with E-state index in [-0.39, 0.29) is 40.1 Å². The highest BCUT2D eigenvalue weighted by Crippen LogP contribution is 2.43. The molecule has 1 heterocycles. The summed E-state index contributed by atoms with van der Waals surface area (Å²) in [5.41, 5.74) is 1.11. The fraction of sp³-hybridized carbons (Fsp3) is 0.364. The predicted molar refractivity (Wildman–Crippen MR) is 119 cm³/mol. The molecular weight excluding hydrogens is 477 g/mol. The van der Waals surface area contributed by atoms with E-state index in [0.717, 1.165) is 0 Å². The fourth-order valence-electron chi connectivity index (χ4n) is 3.38. The van der Waals surface area contributed by atoms with Crippen molar-refractivity contribution < 1.29 is 38.5 Å². The molecule has 1 aliphatic heterocycles. The Morgan fingerprint density at radius 3 is 2.42 bits per heavy atom. The van der Waals surface area contributed by atoms with Crippen LogP contribution in [0.15, 0.2) is 40.7 Å². The van der Waals surface area contributed by atoms with Gasteiger partial charge in [0.05, 0.1) is 53.1 Å². The molecule has 11 heteroatoms. The lowest BCUT2D eigenvalue weighted by Crippen LogP contribution is -2.35. The third-order valence-electron chi connectivity index (χ3n) is 4.70. The molecule has 1 aliphatic rings. The van der Waals surface area contributed by atoms with Crippen LogP contribution in [0.25, 0.3) is 0 Å². The van der Waals surface area contributed by atoms with E-state index in [0.29, 0.717) is 11.3 Å². The molecule has 178 valence electrons. The lowest BCUT2D eigenvalue weighted by molar-refractivity contribution is -0.141. The van der Waals surface area contributed by atoms with Crippen LogP contribution in [0.1, 0.15) is 31.7 Å². The lowest BCUT2D eigenvalue weighted by atomic mass is 9.80. The van der Waals surface area contributed by atoms with Crippen LogP contribution in [0.3, 0.4) is 0 Å². The second-order valence-electron chi connectivity index (χ2n) is 6.95. The summed E-state index contributed by atoms with van der Waals surface area (Å²) >= 11 is 12.6. The molecule has 1 aromatic carbocycles. The van der Waals surface area contributed by atoms with Gasteiger partial charge in [0, 0.05) is 5.70 Å². The molecular formula is C22H23Cl2NO8. The van der Waals surface area contributed by atoms with Gasteiger partial charge in [0.15, 0.2) is 5.78 Å². The molecule has 0 spiro atoms. The Labute approximate surface area is 200 Å². The van der Waals surface area contributed by atoms with Crippen LogP contribution in [0, 0.1) is 0 Å². The minimum Gasteiger partial charge on any atom is -0.481 e. The highest BCUT2D eigenvalue weighted by Gasteiger charge is 2.40. The highest BCUT2D eigenvalue weighted by atomic mass is 35.5. The number of carboxylic acids is 1. The third kappa shape index (κ3) is 6.34. The van der Waals surface area contributed by atoms with E-state index in [2.05, 4.69) is 5.32 Å². The van der Waals surface area contributed by atoms with Crippen LogP contribution >= 0.6 is 23.2 Å². The second kappa shape index (κ2) is 11.8. The van der Waals surface area contributed by atoms with Crippen molar-refractivity contribution in [3.8, 4) is 0 Å². The summed E-state index contributed by atoms with van der Waals surface area (Å²) in [7, 11) is 1.21. The summed E-state index contributed by atoms with van der Waals surface area (Å²) in [5, 5.41) is 12.0. The van der Waals surface area contributed by atoms with Crippen molar-refractivity contribution in [2.24, 2.45) is 0 Å². The Bertz CT molecular complexity index is 1030. The van der Waals surface area contributed by atoms with Crippen LogP contribution < -0.4 is 5.32 Å². The second-order valence-corrected chi connectivity index (χ2v) is 7.73. The number of carbonyl (C=O) groups is 4. The van der Waals surface area contributed by atoms with Gasteiger partial charge in [-0.05, 0) is 25.5 Å². The number of hydrogen-bond donors (Lipinski definition) is 2. The molecule has 1 aromatic rings. The molecule has 1 unspecified atom stereocenters. The summed E-state index contributed by atoms with van der Waals surface area (Å²) in [4.78, 5) is 48.1. The molecule has 1 atom stereocenters. The van der Waals surface area contributed by atoms with E-state index in [9.17, 15) is 19.2 Å². The number of benzene rings is 1. The fourth-order valence-corrected chi connectivity index (χ4v) is 3.80. The molecule has 0 saturated heterocycles. The SMILES string of the molecule is CCOC(=O)C1=C(COCC(=O)CC(=O)O)NC(C)=C(C(=O)OC)C1c1cccc(Cl)c1Cl. The van der Waals surface area contributed by atoms with E-state index in [1.165, 1.54) is 7.11 Å². The zero-order chi connectivity index (χ0) is 24.7. The van der Waals surface area contributed by atoms with Gasteiger partial charge in [0.25, 0.3) is 0 Å². The number of rotatable bonds is 10. The smallest absolute Gasteiger partial charge is 0.336 e. The standard InChI is InChI=1S/C22H23Cl2NO8/c1-4-33-22(30)19-15(10-32-9-12(26)8-16(27)28)25-11(2)17(21(29)31-3)18(19)13-6-5-7-14(23)20(13)24/h5-7,18,25H,4,8-10H2,1-3H3,(H,27,28). The Hall–Kier alpha value is -2.88. The van der Waals surface area contributed by atoms with Gasteiger partial charge in [-0.15, -0.1) is 0 Å². The van der Waals surface area contributed by atoms with Crippen molar-refractivity contribution in [1.29, 1.82) is 0 Å². The predicted octanol–water partition coefficient (Wildman–Crippen LogP) is 3.00. The van der Waals surface area contributed by atoms with Gasteiger partial charge in [-0.25, -0.2) is 9.59 Å². The van der Waals surface area contributed by atoms with Gasteiger partial charge in [-0.1, -0.05) is 35.3 Å². The van der Waals surface area contributed by atoms with Crippen molar-refractivity contribution in [1.82, 2.24) is 5.32 Å². The molecule has 0 fully saturated rings. The first kappa shape index (κ1) is 26.4. The first-order valence-corrected chi connectivity index (χ1v) is 10.6. The maximum absolute atomic E-state index is 13.0. The van der Waals surface area contributed by atoms with Crippen LogP contribution in [0.2, 0.25) is 10.0 Å². The van der Waals surface area contributed by atoms with Crippen molar-refractivity contribution in [2.75, 3.05) is 26.9 Å². The van der Waals surface area contributed by atoms with Crippen LogP contribution in [0.4, 0.5) is 0 Å². The minimum absolute atomic E-state index is 0.0256. The molecule has 0 aromatic heterocycles. The normalized spacial score (nSPS) is 15.7. The Morgan fingerprint density at radius 1 is 1.12 bits per heavy atom. The number of carboxylic acid groups (broad SMARTS) is 1. The van der Waals surface area contributed by atoms with Crippen molar-refractivity contribution in [2.45, 2.75) is 26.2 Å². The van der Waals surface area contributed by atoms with Gasteiger partial charge >= 0.3 is 17.9 Å². The van der Waals surface area contributed by atoms with E-state index >= 15 is 0 Å². The van der Waals surface area contributed by atoms with Gasteiger partial charge in [-0.2, -0.15) is 0 Å². The molecule has 0 bridgehead atoms. The number of ether oxygens (including phenoxy) is 3. The van der Waals surface area contributed by atoms with E-state index in [4.69, 9.17) is 42.5 Å². The summed E-state index contributed by atoms with van der Waals surface area (Å²) < 4.78 is 15.5. The third-order valence-corrected chi connectivity index (χ3v) is 5.53.